The van der Waals surface area contributed by atoms with Crippen LogP contribution in [0.25, 0.3) is 0 Å². The van der Waals surface area contributed by atoms with Crippen molar-refractivity contribution in [3.63, 3.8) is 0 Å². The van der Waals surface area contributed by atoms with Gasteiger partial charge in [-0.25, -0.2) is 4.79 Å². The molecule has 4 nitrogen and oxygen atoms in total. The minimum atomic E-state index is -0.944. The third-order valence-electron chi connectivity index (χ3n) is 3.07. The largest absolute Gasteiger partial charge is 0.480 e. The van der Waals surface area contributed by atoms with E-state index < -0.39 is 5.97 Å². The minimum absolute atomic E-state index is 0.258. The molecule has 1 aliphatic rings. The number of carboxylic acids is 1. The standard InChI is InChI=1S/C13H15Cl2NO3/c1-13(19-6-12(17)18)7-16(8-13)5-9-2-3-10(14)4-11(9)15/h2-4H,5-8H2,1H3,(H,17,18). The number of hydrogen-bond donors (Lipinski definition) is 1. The van der Waals surface area contributed by atoms with Crippen LogP contribution in [0.4, 0.5) is 0 Å². The highest BCUT2D eigenvalue weighted by Gasteiger charge is 2.40. The second kappa shape index (κ2) is 5.67. The highest BCUT2D eigenvalue weighted by atomic mass is 35.5. The van der Waals surface area contributed by atoms with Gasteiger partial charge in [-0.3, -0.25) is 4.90 Å². The van der Waals surface area contributed by atoms with Gasteiger partial charge in [-0.2, -0.15) is 0 Å². The van der Waals surface area contributed by atoms with E-state index in [9.17, 15) is 4.79 Å². The maximum absolute atomic E-state index is 10.5. The summed E-state index contributed by atoms with van der Waals surface area (Å²) in [6.45, 7) is 3.75. The third-order valence-corrected chi connectivity index (χ3v) is 3.66. The molecule has 0 unspecified atom stereocenters. The maximum atomic E-state index is 10.5. The van der Waals surface area contributed by atoms with Crippen LogP contribution in [0.3, 0.4) is 0 Å². The van der Waals surface area contributed by atoms with Gasteiger partial charge in [0.2, 0.25) is 0 Å². The van der Waals surface area contributed by atoms with E-state index in [0.717, 1.165) is 5.56 Å². The lowest BCUT2D eigenvalue weighted by atomic mass is 9.95. The number of halogens is 2. The van der Waals surface area contributed by atoms with Crippen LogP contribution in [0.5, 0.6) is 0 Å². The van der Waals surface area contributed by atoms with E-state index in [1.54, 1.807) is 6.07 Å². The van der Waals surface area contributed by atoms with Crippen molar-refractivity contribution in [1.82, 2.24) is 4.90 Å². The van der Waals surface area contributed by atoms with Crippen molar-refractivity contribution in [1.29, 1.82) is 0 Å². The summed E-state index contributed by atoms with van der Waals surface area (Å²) in [5.74, 6) is -0.944. The normalized spacial score (nSPS) is 18.1. The Bertz CT molecular complexity index is 487. The van der Waals surface area contributed by atoms with Crippen LogP contribution < -0.4 is 0 Å². The Morgan fingerprint density at radius 3 is 2.74 bits per heavy atom. The van der Waals surface area contributed by atoms with Crippen molar-refractivity contribution in [2.75, 3.05) is 19.7 Å². The molecule has 0 aromatic heterocycles. The van der Waals surface area contributed by atoms with Gasteiger partial charge < -0.3 is 9.84 Å². The van der Waals surface area contributed by atoms with E-state index in [4.69, 9.17) is 33.0 Å². The van der Waals surface area contributed by atoms with Gasteiger partial charge in [0, 0.05) is 29.7 Å². The Balaban J connectivity index is 1.85. The number of carboxylic acid groups (broad SMARTS) is 1. The SMILES string of the molecule is CC1(OCC(=O)O)CN(Cc2ccc(Cl)cc2Cl)C1. The second-order valence-electron chi connectivity index (χ2n) is 5.01. The van der Waals surface area contributed by atoms with Gasteiger partial charge in [0.15, 0.2) is 0 Å². The zero-order chi connectivity index (χ0) is 14.0. The zero-order valence-electron chi connectivity index (χ0n) is 10.5. The predicted molar refractivity (Wildman–Crippen MR) is 73.7 cm³/mol. The molecule has 0 saturated carbocycles. The maximum Gasteiger partial charge on any atom is 0.329 e. The average molecular weight is 304 g/mol. The van der Waals surface area contributed by atoms with Crippen molar-refractivity contribution in [2.24, 2.45) is 0 Å². The fourth-order valence-electron chi connectivity index (χ4n) is 2.23. The first-order valence-corrected chi connectivity index (χ1v) is 6.66. The van der Waals surface area contributed by atoms with E-state index in [1.807, 2.05) is 19.1 Å². The lowest BCUT2D eigenvalue weighted by Crippen LogP contribution is -2.61. The molecule has 2 rings (SSSR count). The second-order valence-corrected chi connectivity index (χ2v) is 5.86. The van der Waals surface area contributed by atoms with Crippen molar-refractivity contribution in [3.8, 4) is 0 Å². The summed E-state index contributed by atoms with van der Waals surface area (Å²) in [4.78, 5) is 12.6. The number of nitrogens with zero attached hydrogens (tertiary/aromatic N) is 1. The van der Waals surface area contributed by atoms with E-state index in [2.05, 4.69) is 4.90 Å². The highest BCUT2D eigenvalue weighted by Crippen LogP contribution is 2.29. The van der Waals surface area contributed by atoms with Crippen molar-refractivity contribution in [2.45, 2.75) is 19.1 Å². The number of hydrogen-bond acceptors (Lipinski definition) is 3. The molecule has 1 saturated heterocycles. The van der Waals surface area contributed by atoms with Crippen LogP contribution in [0, 0.1) is 0 Å². The lowest BCUT2D eigenvalue weighted by Gasteiger charge is -2.47. The molecule has 0 aliphatic carbocycles. The summed E-state index contributed by atoms with van der Waals surface area (Å²) in [6, 6.07) is 5.43. The molecule has 0 radical (unpaired) electrons. The van der Waals surface area contributed by atoms with Crippen LogP contribution in [-0.2, 0) is 16.1 Å². The topological polar surface area (TPSA) is 49.8 Å². The molecule has 1 N–H and O–H groups in total. The molecule has 0 atom stereocenters. The number of ether oxygens (including phenoxy) is 1. The Labute approximate surface area is 121 Å². The fourth-order valence-corrected chi connectivity index (χ4v) is 2.70. The molecule has 1 fully saturated rings. The molecule has 0 spiro atoms. The van der Waals surface area contributed by atoms with Crippen molar-refractivity contribution >= 4 is 29.2 Å². The summed E-state index contributed by atoms with van der Waals surface area (Å²) in [5, 5.41) is 9.85. The molecule has 0 bridgehead atoms. The van der Waals surface area contributed by atoms with E-state index >= 15 is 0 Å². The lowest BCUT2D eigenvalue weighted by molar-refractivity contribution is -0.165. The smallest absolute Gasteiger partial charge is 0.329 e. The zero-order valence-corrected chi connectivity index (χ0v) is 12.0. The summed E-state index contributed by atoms with van der Waals surface area (Å²) in [5.41, 5.74) is 0.628. The van der Waals surface area contributed by atoms with Gasteiger partial charge in [0.05, 0.1) is 5.60 Å². The van der Waals surface area contributed by atoms with E-state index in [1.165, 1.54) is 0 Å². The Morgan fingerprint density at radius 2 is 2.16 bits per heavy atom. The van der Waals surface area contributed by atoms with Gasteiger partial charge in [-0.1, -0.05) is 29.3 Å². The quantitative estimate of drug-likeness (QED) is 0.908. The number of benzene rings is 1. The summed E-state index contributed by atoms with van der Waals surface area (Å²) in [6.07, 6.45) is 0. The molecule has 1 aliphatic heterocycles. The molecule has 104 valence electrons. The van der Waals surface area contributed by atoms with Gasteiger partial charge in [-0.05, 0) is 24.6 Å². The number of rotatable bonds is 5. The number of aliphatic carboxylic acids is 1. The Hall–Kier alpha value is -0.810. The first kappa shape index (κ1) is 14.6. The summed E-state index contributed by atoms with van der Waals surface area (Å²) < 4.78 is 5.35. The van der Waals surface area contributed by atoms with Crippen molar-refractivity contribution in [3.05, 3.63) is 33.8 Å². The molecule has 0 amide bonds. The van der Waals surface area contributed by atoms with Gasteiger partial charge >= 0.3 is 5.97 Å². The summed E-state index contributed by atoms with van der Waals surface area (Å²) >= 11 is 12.0. The van der Waals surface area contributed by atoms with Crippen LogP contribution in [0.15, 0.2) is 18.2 Å². The Morgan fingerprint density at radius 1 is 1.47 bits per heavy atom. The molecular formula is C13H15Cl2NO3. The first-order valence-electron chi connectivity index (χ1n) is 5.90. The van der Waals surface area contributed by atoms with Crippen LogP contribution in [-0.4, -0.2) is 41.3 Å². The third kappa shape index (κ3) is 3.83. The van der Waals surface area contributed by atoms with Crippen molar-refractivity contribution < 1.29 is 14.6 Å². The molecule has 6 heteroatoms. The molecular weight excluding hydrogens is 289 g/mol. The molecule has 1 aromatic rings. The van der Waals surface area contributed by atoms with Gasteiger partial charge in [0.25, 0.3) is 0 Å². The fraction of sp³-hybridized carbons (Fsp3) is 0.462. The highest BCUT2D eigenvalue weighted by molar-refractivity contribution is 6.35. The average Bonchev–Trinajstić information content (AvgIpc) is 2.28. The monoisotopic (exact) mass is 303 g/mol. The summed E-state index contributed by atoms with van der Waals surface area (Å²) in [7, 11) is 0. The van der Waals surface area contributed by atoms with Crippen LogP contribution in [0.1, 0.15) is 12.5 Å². The predicted octanol–water partition coefficient (Wildman–Crippen LogP) is 2.67. The van der Waals surface area contributed by atoms with E-state index in [-0.39, 0.29) is 12.2 Å². The molecule has 19 heavy (non-hydrogen) atoms. The molecule has 1 heterocycles. The van der Waals surface area contributed by atoms with Crippen LogP contribution in [0.2, 0.25) is 10.0 Å². The van der Waals surface area contributed by atoms with Crippen LogP contribution >= 0.6 is 23.2 Å². The number of likely N-dealkylation sites (tertiary alicyclic amines) is 1. The number of carbonyl (C=O) groups is 1. The first-order chi connectivity index (χ1) is 8.88. The Kier molecular flexibility index (Phi) is 4.36. The van der Waals surface area contributed by atoms with Gasteiger partial charge in [0.1, 0.15) is 6.61 Å². The van der Waals surface area contributed by atoms with Gasteiger partial charge in [-0.15, -0.1) is 0 Å². The van der Waals surface area contributed by atoms with E-state index in [0.29, 0.717) is 29.7 Å². The molecule has 1 aromatic carbocycles. The minimum Gasteiger partial charge on any atom is -0.480 e.